The van der Waals surface area contributed by atoms with Crippen molar-refractivity contribution in [3.05, 3.63) is 63.9 Å². The second-order valence-electron chi connectivity index (χ2n) is 8.43. The van der Waals surface area contributed by atoms with Crippen molar-refractivity contribution in [1.29, 1.82) is 0 Å². The first kappa shape index (κ1) is 21.8. The second kappa shape index (κ2) is 8.60. The van der Waals surface area contributed by atoms with Crippen LogP contribution >= 0.6 is 0 Å². The number of carbonyl (C=O) groups is 3. The van der Waals surface area contributed by atoms with Gasteiger partial charge < -0.3 is 25.8 Å². The van der Waals surface area contributed by atoms with Crippen LogP contribution in [-0.4, -0.2) is 35.6 Å². The van der Waals surface area contributed by atoms with Gasteiger partial charge in [0.1, 0.15) is 13.1 Å². The molecule has 168 valence electrons. The van der Waals surface area contributed by atoms with Crippen LogP contribution < -0.4 is 21.3 Å². The first-order valence-corrected chi connectivity index (χ1v) is 10.6. The number of nitrogens with one attached hydrogen (secondary N) is 4. The van der Waals surface area contributed by atoms with Gasteiger partial charge in [0.05, 0.1) is 0 Å². The molecule has 9 nitrogen and oxygen atoms in total. The minimum atomic E-state index is -0.774. The van der Waals surface area contributed by atoms with Gasteiger partial charge in [0.15, 0.2) is 6.04 Å². The van der Waals surface area contributed by atoms with Crippen LogP contribution in [0, 0.1) is 12.1 Å². The smallest absolute Gasteiger partial charge is 0.319 e. The number of hydrogen-bond donors (Lipinski definition) is 4. The van der Waals surface area contributed by atoms with Gasteiger partial charge in [0.25, 0.3) is 5.91 Å². The second-order valence-corrected chi connectivity index (χ2v) is 8.43. The van der Waals surface area contributed by atoms with Gasteiger partial charge in [0.2, 0.25) is 5.91 Å². The summed E-state index contributed by atoms with van der Waals surface area (Å²) in [6.07, 6.45) is 0.459. The quantitative estimate of drug-likeness (QED) is 0.325. The van der Waals surface area contributed by atoms with Gasteiger partial charge >= 0.3 is 6.03 Å². The van der Waals surface area contributed by atoms with Gasteiger partial charge in [-0.05, 0) is 36.2 Å². The van der Waals surface area contributed by atoms with Crippen LogP contribution in [0.15, 0.2) is 36.4 Å². The summed E-state index contributed by atoms with van der Waals surface area (Å²) in [7, 11) is 1.83. The molecular weight excluding hydrogens is 410 g/mol. The van der Waals surface area contributed by atoms with Crippen molar-refractivity contribution in [1.82, 2.24) is 10.6 Å². The summed E-state index contributed by atoms with van der Waals surface area (Å²) in [6.45, 7) is 2.68. The first-order chi connectivity index (χ1) is 15.3. The van der Waals surface area contributed by atoms with E-state index in [1.54, 1.807) is 0 Å². The molecule has 2 aliphatic heterocycles. The molecule has 32 heavy (non-hydrogen) atoms. The maximum absolute atomic E-state index is 13.4. The summed E-state index contributed by atoms with van der Waals surface area (Å²) >= 11 is 0. The molecule has 0 saturated carbocycles. The lowest BCUT2D eigenvalue weighted by Gasteiger charge is -2.45. The number of quaternary nitrogens is 1. The third-order valence-corrected chi connectivity index (χ3v) is 6.14. The van der Waals surface area contributed by atoms with Crippen molar-refractivity contribution in [2.45, 2.75) is 45.4 Å². The molecule has 4 rings (SSSR count). The number of nitrogens with zero attached hydrogens (tertiary/aromatic N) is 1. The van der Waals surface area contributed by atoms with Gasteiger partial charge in [-0.25, -0.2) is 4.79 Å². The van der Waals surface area contributed by atoms with Crippen LogP contribution in [0.25, 0.3) is 0 Å². The summed E-state index contributed by atoms with van der Waals surface area (Å²) in [5.41, 5.74) is 5.36. The Morgan fingerprint density at radius 1 is 1.16 bits per heavy atom. The van der Waals surface area contributed by atoms with E-state index in [9.17, 15) is 19.6 Å². The van der Waals surface area contributed by atoms with E-state index in [1.807, 2.05) is 50.4 Å². The number of amides is 4. The zero-order valence-corrected chi connectivity index (χ0v) is 18.2. The van der Waals surface area contributed by atoms with Crippen LogP contribution in [-0.2, 0) is 29.2 Å². The normalized spacial score (nSPS) is 22.2. The lowest BCUT2D eigenvalue weighted by molar-refractivity contribution is -0.916. The Morgan fingerprint density at radius 3 is 2.69 bits per heavy atom. The van der Waals surface area contributed by atoms with E-state index < -0.39 is 16.6 Å². The van der Waals surface area contributed by atoms with E-state index in [-0.39, 0.29) is 37.9 Å². The molecule has 2 aromatic rings. The Hall–Kier alpha value is -3.43. The number of hydrogen-bond acceptors (Lipinski definition) is 5. The number of benzene rings is 2. The highest BCUT2D eigenvalue weighted by atomic mass is 16.5. The van der Waals surface area contributed by atoms with Gasteiger partial charge in [-0.2, -0.15) is 0 Å². The van der Waals surface area contributed by atoms with E-state index in [0.29, 0.717) is 12.2 Å². The van der Waals surface area contributed by atoms with Crippen molar-refractivity contribution >= 4 is 29.2 Å². The lowest BCUT2D eigenvalue weighted by atomic mass is 10.0. The third kappa shape index (κ3) is 4.44. The summed E-state index contributed by atoms with van der Waals surface area (Å²) in [5, 5.41) is 24.4. The van der Waals surface area contributed by atoms with Crippen LogP contribution in [0.3, 0.4) is 0 Å². The number of aryl methyl sites for hydroxylation is 1. The summed E-state index contributed by atoms with van der Waals surface area (Å²) in [6, 6.07) is 10.2. The standard InChI is InChI=1S/C23H27N5O4/c1-14-3-6-18(10-19(14)24-2)26-23(31)25-11-15-4-5-16-12-28(32,13-17(16)9-15)20-7-8-21(29)27-22(20)30/h3-6,9-10,20,24H,7-8,11-13H2,1-2H3,(H2,25,26,31)(H,27,29,30). The fourth-order valence-electron chi connectivity index (χ4n) is 4.40. The first-order valence-electron chi connectivity index (χ1n) is 10.6. The lowest BCUT2D eigenvalue weighted by Crippen LogP contribution is -2.58. The van der Waals surface area contributed by atoms with Gasteiger partial charge in [-0.1, -0.05) is 18.2 Å². The maximum atomic E-state index is 13.4. The summed E-state index contributed by atoms with van der Waals surface area (Å²) < 4.78 is -0.674. The molecule has 2 unspecified atom stereocenters. The highest BCUT2D eigenvalue weighted by Gasteiger charge is 2.42. The summed E-state index contributed by atoms with van der Waals surface area (Å²) in [4.78, 5) is 35.9. The number of hydroxylamine groups is 3. The fraction of sp³-hybridized carbons (Fsp3) is 0.348. The molecule has 9 heteroatoms. The number of urea groups is 1. The molecule has 0 spiro atoms. The van der Waals surface area contributed by atoms with E-state index in [0.717, 1.165) is 27.9 Å². The fourth-order valence-corrected chi connectivity index (χ4v) is 4.40. The van der Waals surface area contributed by atoms with Gasteiger partial charge in [-0.3, -0.25) is 14.9 Å². The van der Waals surface area contributed by atoms with Gasteiger partial charge in [-0.15, -0.1) is 0 Å². The highest BCUT2D eigenvalue weighted by molar-refractivity contribution is 5.99. The molecule has 1 fully saturated rings. The molecule has 4 amide bonds. The maximum Gasteiger partial charge on any atom is 0.319 e. The number of anilines is 2. The zero-order valence-electron chi connectivity index (χ0n) is 18.2. The van der Waals surface area contributed by atoms with Crippen molar-refractivity contribution < 1.29 is 19.0 Å². The average molecular weight is 438 g/mol. The van der Waals surface area contributed by atoms with Crippen molar-refractivity contribution in [2.75, 3.05) is 17.7 Å². The topological polar surface area (TPSA) is 122 Å². The number of rotatable bonds is 5. The van der Waals surface area contributed by atoms with Gasteiger partial charge in [0, 0.05) is 48.9 Å². The number of carbonyl (C=O) groups excluding carboxylic acids is 3. The van der Waals surface area contributed by atoms with E-state index in [1.165, 1.54) is 0 Å². The Balaban J connectivity index is 1.37. The molecule has 2 heterocycles. The van der Waals surface area contributed by atoms with E-state index in [4.69, 9.17) is 0 Å². The molecule has 0 aromatic heterocycles. The Kier molecular flexibility index (Phi) is 5.86. The number of fused-ring (bicyclic) bond motifs is 1. The monoisotopic (exact) mass is 437 g/mol. The van der Waals surface area contributed by atoms with Crippen molar-refractivity contribution in [3.8, 4) is 0 Å². The van der Waals surface area contributed by atoms with Crippen LogP contribution in [0.2, 0.25) is 0 Å². The van der Waals surface area contributed by atoms with Crippen LogP contribution in [0.4, 0.5) is 16.2 Å². The highest BCUT2D eigenvalue weighted by Crippen LogP contribution is 2.34. The molecule has 4 N–H and O–H groups in total. The molecule has 0 bridgehead atoms. The number of piperidine rings is 1. The largest absolute Gasteiger partial charge is 0.632 e. The SMILES string of the molecule is CNc1cc(NC(=O)NCc2ccc3c(c2)C[N+]([O-])(C2CCC(=O)NC2=O)C3)ccc1C. The molecular formula is C23H27N5O4. The van der Waals surface area contributed by atoms with Crippen molar-refractivity contribution in [3.63, 3.8) is 0 Å². The minimum Gasteiger partial charge on any atom is -0.632 e. The Labute approximate surface area is 186 Å². The molecule has 2 atom stereocenters. The predicted molar refractivity (Wildman–Crippen MR) is 120 cm³/mol. The minimum absolute atomic E-state index is 0.178. The molecule has 2 aliphatic rings. The van der Waals surface area contributed by atoms with E-state index >= 15 is 0 Å². The Morgan fingerprint density at radius 2 is 1.94 bits per heavy atom. The van der Waals surface area contributed by atoms with Crippen LogP contribution in [0.1, 0.15) is 35.1 Å². The number of imide groups is 1. The third-order valence-electron chi connectivity index (χ3n) is 6.14. The Bertz CT molecular complexity index is 1090. The van der Waals surface area contributed by atoms with Crippen molar-refractivity contribution in [2.24, 2.45) is 0 Å². The molecule has 2 aromatic carbocycles. The average Bonchev–Trinajstić information content (AvgIpc) is 3.09. The molecule has 0 aliphatic carbocycles. The molecule has 1 saturated heterocycles. The van der Waals surface area contributed by atoms with E-state index in [2.05, 4.69) is 21.3 Å². The summed E-state index contributed by atoms with van der Waals surface area (Å²) in [5.74, 6) is -0.811. The molecule has 0 radical (unpaired) electrons. The van der Waals surface area contributed by atoms with Crippen LogP contribution in [0.5, 0.6) is 0 Å². The zero-order chi connectivity index (χ0) is 22.9. The predicted octanol–water partition coefficient (Wildman–Crippen LogP) is 2.49.